The number of aliphatic hydroxyl groups is 1. The van der Waals surface area contributed by atoms with E-state index in [4.69, 9.17) is 4.74 Å². The summed E-state index contributed by atoms with van der Waals surface area (Å²) in [5, 5.41) is 10.8. The van der Waals surface area contributed by atoms with E-state index >= 15 is 0 Å². The molecule has 3 atom stereocenters. The molecule has 0 radical (unpaired) electrons. The first-order chi connectivity index (χ1) is 11.7. The van der Waals surface area contributed by atoms with Crippen LogP contribution in [-0.2, 0) is 6.42 Å². The molecule has 0 spiro atoms. The number of piperidine rings is 1. The second-order valence-electron chi connectivity index (χ2n) is 7.10. The van der Waals surface area contributed by atoms with Crippen LogP contribution in [0.3, 0.4) is 0 Å². The summed E-state index contributed by atoms with van der Waals surface area (Å²) < 4.78 is 5.37. The molecule has 24 heavy (non-hydrogen) atoms. The van der Waals surface area contributed by atoms with Crippen molar-refractivity contribution in [3.63, 3.8) is 0 Å². The molecule has 1 saturated heterocycles. The van der Waals surface area contributed by atoms with Crippen LogP contribution in [0.5, 0.6) is 5.75 Å². The fourth-order valence-corrected chi connectivity index (χ4v) is 4.66. The van der Waals surface area contributed by atoms with Gasteiger partial charge in [-0.25, -0.2) is 0 Å². The van der Waals surface area contributed by atoms with Crippen molar-refractivity contribution in [2.24, 2.45) is 11.8 Å². The van der Waals surface area contributed by atoms with E-state index < -0.39 is 0 Å². The molecule has 4 heteroatoms. The second-order valence-corrected chi connectivity index (χ2v) is 7.10. The highest BCUT2D eigenvalue weighted by Crippen LogP contribution is 2.44. The van der Waals surface area contributed by atoms with Gasteiger partial charge in [0.25, 0.3) is 0 Å². The van der Waals surface area contributed by atoms with Crippen molar-refractivity contribution in [3.05, 3.63) is 42.1 Å². The van der Waals surface area contributed by atoms with Gasteiger partial charge in [0.05, 0.1) is 13.2 Å². The maximum atomic E-state index is 9.43. The minimum absolute atomic E-state index is 0.262. The first-order valence-electron chi connectivity index (χ1n) is 8.91. The van der Waals surface area contributed by atoms with Crippen LogP contribution in [0, 0.1) is 11.8 Å². The number of hydrogen-bond acceptors (Lipinski definition) is 3. The molecule has 2 N–H and O–H groups in total. The number of aromatic nitrogens is 1. The highest BCUT2D eigenvalue weighted by molar-refractivity contribution is 5.86. The Morgan fingerprint density at radius 2 is 2.33 bits per heavy atom. The van der Waals surface area contributed by atoms with Crippen LogP contribution < -0.4 is 4.74 Å². The summed E-state index contributed by atoms with van der Waals surface area (Å²) >= 11 is 0. The molecule has 0 aliphatic carbocycles. The van der Waals surface area contributed by atoms with E-state index in [2.05, 4.69) is 34.7 Å². The average Bonchev–Trinajstić information content (AvgIpc) is 2.99. The Morgan fingerprint density at radius 3 is 3.08 bits per heavy atom. The van der Waals surface area contributed by atoms with Gasteiger partial charge < -0.3 is 14.8 Å². The Labute approximate surface area is 143 Å². The molecule has 1 aromatic carbocycles. The van der Waals surface area contributed by atoms with Crippen molar-refractivity contribution in [2.45, 2.75) is 25.3 Å². The number of nitrogens with one attached hydrogen (secondary N) is 1. The van der Waals surface area contributed by atoms with Crippen LogP contribution >= 0.6 is 0 Å². The minimum atomic E-state index is 0.262. The smallest absolute Gasteiger partial charge is 0.120 e. The molecule has 128 valence electrons. The summed E-state index contributed by atoms with van der Waals surface area (Å²) in [5.41, 5.74) is 4.01. The van der Waals surface area contributed by atoms with Crippen molar-refractivity contribution >= 4 is 10.9 Å². The number of H-pyrrole nitrogens is 1. The molecule has 4 nitrogen and oxygen atoms in total. The maximum absolute atomic E-state index is 9.43. The Morgan fingerprint density at radius 1 is 1.46 bits per heavy atom. The molecule has 0 bridgehead atoms. The predicted molar refractivity (Wildman–Crippen MR) is 96.4 cm³/mol. The van der Waals surface area contributed by atoms with Gasteiger partial charge >= 0.3 is 0 Å². The van der Waals surface area contributed by atoms with Gasteiger partial charge in [-0.1, -0.05) is 6.08 Å². The van der Waals surface area contributed by atoms with Gasteiger partial charge in [0.15, 0.2) is 0 Å². The van der Waals surface area contributed by atoms with Crippen LogP contribution in [0.2, 0.25) is 0 Å². The fourth-order valence-electron chi connectivity index (χ4n) is 4.66. The zero-order valence-electron chi connectivity index (χ0n) is 14.3. The standard InChI is InChI=1S/C20H26N2O2/c1-3-13-12-22-8-6-17-16-5-4-15(24-2)11-18(16)21-20(17)19(22)10-14(13)7-9-23/h3-5,11,13-14,19,21,23H,1,6-10,12H2,2H3/t13-,14+,19+/m1/s1. The molecule has 0 unspecified atom stereocenters. The normalized spacial score (nSPS) is 26.8. The molecular weight excluding hydrogens is 300 g/mol. The quantitative estimate of drug-likeness (QED) is 0.848. The highest BCUT2D eigenvalue weighted by Gasteiger charge is 2.38. The molecule has 2 aromatic rings. The lowest BCUT2D eigenvalue weighted by Gasteiger charge is -2.45. The Balaban J connectivity index is 1.72. The molecule has 3 heterocycles. The number of aliphatic hydroxyl groups excluding tert-OH is 1. The van der Waals surface area contributed by atoms with Gasteiger partial charge in [-0.2, -0.15) is 0 Å². The maximum Gasteiger partial charge on any atom is 0.120 e. The average molecular weight is 326 g/mol. The first-order valence-corrected chi connectivity index (χ1v) is 8.91. The number of aromatic amines is 1. The first kappa shape index (κ1) is 15.7. The van der Waals surface area contributed by atoms with Crippen molar-refractivity contribution in [2.75, 3.05) is 26.8 Å². The molecule has 0 saturated carbocycles. The lowest BCUT2D eigenvalue weighted by molar-refractivity contribution is 0.0594. The van der Waals surface area contributed by atoms with Gasteiger partial charge in [0.1, 0.15) is 5.75 Å². The van der Waals surface area contributed by atoms with Gasteiger partial charge in [-0.15, -0.1) is 6.58 Å². The van der Waals surface area contributed by atoms with E-state index in [1.807, 2.05) is 6.07 Å². The molecule has 0 amide bonds. The Hall–Kier alpha value is -1.78. The van der Waals surface area contributed by atoms with E-state index in [1.54, 1.807) is 7.11 Å². The number of hydrogen-bond donors (Lipinski definition) is 2. The number of ether oxygens (including phenoxy) is 1. The third-order valence-electron chi connectivity index (χ3n) is 5.95. The summed E-state index contributed by atoms with van der Waals surface area (Å²) in [7, 11) is 1.71. The summed E-state index contributed by atoms with van der Waals surface area (Å²) in [6.07, 6.45) is 5.13. The number of benzene rings is 1. The monoisotopic (exact) mass is 326 g/mol. The van der Waals surface area contributed by atoms with E-state index in [-0.39, 0.29) is 6.61 Å². The largest absolute Gasteiger partial charge is 0.497 e. The molecule has 2 aliphatic rings. The lowest BCUT2D eigenvalue weighted by atomic mass is 9.77. The molecular formula is C20H26N2O2. The van der Waals surface area contributed by atoms with Crippen LogP contribution in [0.25, 0.3) is 10.9 Å². The van der Waals surface area contributed by atoms with Crippen molar-refractivity contribution < 1.29 is 9.84 Å². The van der Waals surface area contributed by atoms with E-state index in [0.29, 0.717) is 17.9 Å². The fraction of sp³-hybridized carbons (Fsp3) is 0.500. The van der Waals surface area contributed by atoms with Crippen molar-refractivity contribution in [1.82, 2.24) is 9.88 Å². The van der Waals surface area contributed by atoms with Crippen LogP contribution in [-0.4, -0.2) is 41.8 Å². The van der Waals surface area contributed by atoms with Gasteiger partial charge in [-0.05, 0) is 48.8 Å². The van der Waals surface area contributed by atoms with Crippen LogP contribution in [0.1, 0.15) is 30.1 Å². The van der Waals surface area contributed by atoms with Gasteiger partial charge in [0, 0.05) is 42.4 Å². The van der Waals surface area contributed by atoms with Gasteiger partial charge in [-0.3, -0.25) is 4.90 Å². The lowest BCUT2D eigenvalue weighted by Crippen LogP contribution is -2.45. The minimum Gasteiger partial charge on any atom is -0.497 e. The zero-order valence-corrected chi connectivity index (χ0v) is 14.3. The number of rotatable bonds is 4. The van der Waals surface area contributed by atoms with Crippen LogP contribution in [0.4, 0.5) is 0 Å². The molecule has 4 rings (SSSR count). The van der Waals surface area contributed by atoms with E-state index in [0.717, 1.165) is 38.1 Å². The topological polar surface area (TPSA) is 48.5 Å². The van der Waals surface area contributed by atoms with Crippen LogP contribution in [0.15, 0.2) is 30.9 Å². The molecule has 1 fully saturated rings. The molecule has 2 aliphatic heterocycles. The number of methoxy groups -OCH3 is 1. The second kappa shape index (κ2) is 6.26. The van der Waals surface area contributed by atoms with E-state index in [1.165, 1.54) is 22.2 Å². The van der Waals surface area contributed by atoms with Crippen molar-refractivity contribution in [1.29, 1.82) is 0 Å². The third kappa shape index (κ3) is 2.45. The predicted octanol–water partition coefficient (Wildman–Crippen LogP) is 3.28. The Bertz CT molecular complexity index is 751. The van der Waals surface area contributed by atoms with Crippen molar-refractivity contribution in [3.8, 4) is 5.75 Å². The third-order valence-corrected chi connectivity index (χ3v) is 5.95. The summed E-state index contributed by atoms with van der Waals surface area (Å²) in [6.45, 7) is 6.44. The SMILES string of the molecule is C=C[C@@H]1CN2CCc3c([nH]c4cc(OC)ccc34)[C@@H]2C[C@@H]1CCO. The number of fused-ring (bicyclic) bond motifs is 5. The highest BCUT2D eigenvalue weighted by atomic mass is 16.5. The summed E-state index contributed by atoms with van der Waals surface area (Å²) in [4.78, 5) is 6.27. The number of nitrogens with zero attached hydrogens (tertiary/aromatic N) is 1. The van der Waals surface area contributed by atoms with Gasteiger partial charge in [0.2, 0.25) is 0 Å². The van der Waals surface area contributed by atoms with E-state index in [9.17, 15) is 5.11 Å². The summed E-state index contributed by atoms with van der Waals surface area (Å²) in [5.74, 6) is 1.89. The molecule has 1 aromatic heterocycles. The Kier molecular flexibility index (Phi) is 4.10. The zero-order chi connectivity index (χ0) is 16.7. The summed E-state index contributed by atoms with van der Waals surface area (Å²) in [6, 6.07) is 6.75.